The van der Waals surface area contributed by atoms with Gasteiger partial charge in [-0.05, 0) is 25.2 Å². The van der Waals surface area contributed by atoms with Crippen molar-refractivity contribution < 1.29 is 9.53 Å². The van der Waals surface area contributed by atoms with Gasteiger partial charge in [0.25, 0.3) is 0 Å². The summed E-state index contributed by atoms with van der Waals surface area (Å²) in [4.78, 5) is 15.0. The van der Waals surface area contributed by atoms with Crippen LogP contribution in [0.3, 0.4) is 0 Å². The smallest absolute Gasteiger partial charge is 0.235 e. The topological polar surface area (TPSA) is 60.2 Å². The SMILES string of the molecule is COCCn1c(S[C@@H](C)C(=O)N2C[C@H](C)C[C@H](C)C2)nnc1-c1ccccc1. The molecule has 3 rings (SSSR count). The van der Waals surface area contributed by atoms with Crippen molar-refractivity contribution in [3.8, 4) is 11.4 Å². The summed E-state index contributed by atoms with van der Waals surface area (Å²) in [7, 11) is 1.68. The normalized spacial score (nSPS) is 20.9. The standard InChI is InChI=1S/C21H30N4O2S/c1-15-12-16(2)14-24(13-15)20(26)17(3)28-21-23-22-19(25(21)10-11-27-4)18-8-6-5-7-9-18/h5-9,15-17H,10-14H2,1-4H3/t15-,16+,17-/m0/s1. The second-order valence-corrected chi connectivity index (χ2v) is 9.07. The van der Waals surface area contributed by atoms with Crippen molar-refractivity contribution in [2.45, 2.75) is 44.1 Å². The molecule has 3 atom stereocenters. The minimum atomic E-state index is -0.202. The molecule has 1 amide bonds. The molecular weight excluding hydrogens is 372 g/mol. The molecule has 152 valence electrons. The fraction of sp³-hybridized carbons (Fsp3) is 0.571. The van der Waals surface area contributed by atoms with Gasteiger partial charge in [-0.25, -0.2) is 0 Å². The molecular formula is C21H30N4O2S. The van der Waals surface area contributed by atoms with Crippen LogP contribution in [0.5, 0.6) is 0 Å². The molecule has 1 fully saturated rings. The number of ether oxygens (including phenoxy) is 1. The summed E-state index contributed by atoms with van der Waals surface area (Å²) in [5, 5.41) is 9.35. The molecule has 0 saturated carbocycles. The second-order valence-electron chi connectivity index (χ2n) is 7.77. The molecule has 2 heterocycles. The maximum atomic E-state index is 13.0. The number of benzene rings is 1. The zero-order valence-electron chi connectivity index (χ0n) is 17.2. The number of aromatic nitrogens is 3. The summed E-state index contributed by atoms with van der Waals surface area (Å²) in [5.74, 6) is 2.10. The molecule has 7 heteroatoms. The molecule has 1 aromatic carbocycles. The highest BCUT2D eigenvalue weighted by Gasteiger charge is 2.29. The minimum Gasteiger partial charge on any atom is -0.383 e. The largest absolute Gasteiger partial charge is 0.383 e. The molecule has 0 radical (unpaired) electrons. The Hall–Kier alpha value is -1.86. The lowest BCUT2D eigenvalue weighted by molar-refractivity contribution is -0.132. The first-order chi connectivity index (χ1) is 13.5. The zero-order valence-corrected chi connectivity index (χ0v) is 18.0. The predicted octanol–water partition coefficient (Wildman–Crippen LogP) is 3.58. The molecule has 1 saturated heterocycles. The quantitative estimate of drug-likeness (QED) is 0.663. The number of piperidine rings is 1. The van der Waals surface area contributed by atoms with Crippen LogP contribution >= 0.6 is 11.8 Å². The fourth-order valence-corrected chi connectivity index (χ4v) is 4.83. The summed E-state index contributed by atoms with van der Waals surface area (Å²) < 4.78 is 7.32. The van der Waals surface area contributed by atoms with Gasteiger partial charge in [-0.15, -0.1) is 10.2 Å². The molecule has 1 aliphatic rings. The lowest BCUT2D eigenvalue weighted by atomic mass is 9.92. The van der Waals surface area contributed by atoms with Crippen LogP contribution in [-0.2, 0) is 16.1 Å². The zero-order chi connectivity index (χ0) is 20.1. The molecule has 1 aromatic heterocycles. The van der Waals surface area contributed by atoms with E-state index in [2.05, 4.69) is 28.6 Å². The van der Waals surface area contributed by atoms with E-state index in [0.717, 1.165) is 29.6 Å². The van der Waals surface area contributed by atoms with Crippen LogP contribution < -0.4 is 0 Å². The first-order valence-electron chi connectivity index (χ1n) is 9.92. The van der Waals surface area contributed by atoms with Crippen LogP contribution in [0.4, 0.5) is 0 Å². The highest BCUT2D eigenvalue weighted by Crippen LogP contribution is 2.29. The van der Waals surface area contributed by atoms with Crippen molar-refractivity contribution in [2.24, 2.45) is 11.8 Å². The van der Waals surface area contributed by atoms with Crippen molar-refractivity contribution in [1.82, 2.24) is 19.7 Å². The van der Waals surface area contributed by atoms with Crippen LogP contribution in [0.2, 0.25) is 0 Å². The Morgan fingerprint density at radius 1 is 1.21 bits per heavy atom. The molecule has 0 unspecified atom stereocenters. The van der Waals surface area contributed by atoms with Gasteiger partial charge >= 0.3 is 0 Å². The third-order valence-electron chi connectivity index (χ3n) is 5.08. The number of carbonyl (C=O) groups is 1. The molecule has 1 aliphatic heterocycles. The number of methoxy groups -OCH3 is 1. The summed E-state index contributed by atoms with van der Waals surface area (Å²) in [6, 6.07) is 10.0. The molecule has 28 heavy (non-hydrogen) atoms. The van der Waals surface area contributed by atoms with E-state index in [0.29, 0.717) is 25.0 Å². The van der Waals surface area contributed by atoms with E-state index in [1.807, 2.05) is 42.2 Å². The van der Waals surface area contributed by atoms with Gasteiger partial charge in [0.2, 0.25) is 5.91 Å². The molecule has 0 aliphatic carbocycles. The number of rotatable bonds is 7. The van der Waals surface area contributed by atoms with Gasteiger partial charge in [-0.2, -0.15) is 0 Å². The van der Waals surface area contributed by atoms with Crippen LogP contribution in [0.1, 0.15) is 27.2 Å². The Balaban J connectivity index is 1.77. The van der Waals surface area contributed by atoms with Gasteiger partial charge in [0.1, 0.15) is 0 Å². The number of hydrogen-bond donors (Lipinski definition) is 0. The number of thioether (sulfide) groups is 1. The van der Waals surface area contributed by atoms with E-state index in [1.54, 1.807) is 7.11 Å². The summed E-state index contributed by atoms with van der Waals surface area (Å²) in [6.07, 6.45) is 1.19. The summed E-state index contributed by atoms with van der Waals surface area (Å²) in [5.41, 5.74) is 1.01. The number of amides is 1. The van der Waals surface area contributed by atoms with Crippen LogP contribution in [0, 0.1) is 11.8 Å². The predicted molar refractivity (Wildman–Crippen MR) is 112 cm³/mol. The van der Waals surface area contributed by atoms with Gasteiger partial charge in [-0.3, -0.25) is 9.36 Å². The maximum Gasteiger partial charge on any atom is 0.235 e. The van der Waals surface area contributed by atoms with Gasteiger partial charge in [0.05, 0.1) is 18.4 Å². The van der Waals surface area contributed by atoms with E-state index in [4.69, 9.17) is 4.74 Å². The number of carbonyl (C=O) groups excluding carboxylic acids is 1. The van der Waals surface area contributed by atoms with E-state index >= 15 is 0 Å². The fourth-order valence-electron chi connectivity index (χ4n) is 3.87. The highest BCUT2D eigenvalue weighted by molar-refractivity contribution is 8.00. The monoisotopic (exact) mass is 402 g/mol. The van der Waals surface area contributed by atoms with Crippen molar-refractivity contribution in [3.63, 3.8) is 0 Å². The molecule has 0 bridgehead atoms. The number of likely N-dealkylation sites (tertiary alicyclic amines) is 1. The average molecular weight is 403 g/mol. The van der Waals surface area contributed by atoms with Crippen molar-refractivity contribution in [1.29, 1.82) is 0 Å². The van der Waals surface area contributed by atoms with E-state index in [9.17, 15) is 4.79 Å². The molecule has 6 nitrogen and oxygen atoms in total. The Morgan fingerprint density at radius 3 is 2.54 bits per heavy atom. The van der Waals surface area contributed by atoms with E-state index < -0.39 is 0 Å². The van der Waals surface area contributed by atoms with Crippen LogP contribution in [-0.4, -0.2) is 57.6 Å². The van der Waals surface area contributed by atoms with E-state index in [1.165, 1.54) is 18.2 Å². The lowest BCUT2D eigenvalue weighted by Gasteiger charge is -2.36. The average Bonchev–Trinajstić information content (AvgIpc) is 3.08. The lowest BCUT2D eigenvalue weighted by Crippen LogP contribution is -2.45. The summed E-state index contributed by atoms with van der Waals surface area (Å²) >= 11 is 1.48. The van der Waals surface area contributed by atoms with Crippen LogP contribution in [0.25, 0.3) is 11.4 Å². The van der Waals surface area contributed by atoms with E-state index in [-0.39, 0.29) is 11.2 Å². The van der Waals surface area contributed by atoms with Crippen molar-refractivity contribution in [2.75, 3.05) is 26.8 Å². The Morgan fingerprint density at radius 2 is 1.89 bits per heavy atom. The third kappa shape index (κ3) is 4.94. The molecule has 2 aromatic rings. The Labute approximate surface area is 171 Å². The van der Waals surface area contributed by atoms with Crippen molar-refractivity contribution >= 4 is 17.7 Å². The number of hydrogen-bond acceptors (Lipinski definition) is 5. The minimum absolute atomic E-state index is 0.186. The first kappa shape index (κ1) is 20.9. The third-order valence-corrected chi connectivity index (χ3v) is 6.15. The Kier molecular flexibility index (Phi) is 7.13. The number of nitrogens with zero attached hydrogens (tertiary/aromatic N) is 4. The maximum absolute atomic E-state index is 13.0. The molecule has 0 N–H and O–H groups in total. The van der Waals surface area contributed by atoms with Gasteiger partial charge in [0.15, 0.2) is 11.0 Å². The first-order valence-corrected chi connectivity index (χ1v) is 10.8. The second kappa shape index (κ2) is 9.56. The van der Waals surface area contributed by atoms with Gasteiger partial charge < -0.3 is 9.64 Å². The Bertz CT molecular complexity index is 770. The van der Waals surface area contributed by atoms with Gasteiger partial charge in [0, 0.05) is 25.8 Å². The highest BCUT2D eigenvalue weighted by atomic mass is 32.2. The van der Waals surface area contributed by atoms with Crippen LogP contribution in [0.15, 0.2) is 35.5 Å². The molecule has 0 spiro atoms. The van der Waals surface area contributed by atoms with Gasteiger partial charge in [-0.1, -0.05) is 55.9 Å². The summed E-state index contributed by atoms with van der Waals surface area (Å²) in [6.45, 7) is 9.32. The van der Waals surface area contributed by atoms with Crippen molar-refractivity contribution in [3.05, 3.63) is 30.3 Å².